The van der Waals surface area contributed by atoms with Crippen LogP contribution in [0.1, 0.15) is 27.0 Å². The van der Waals surface area contributed by atoms with Crippen molar-refractivity contribution in [2.24, 2.45) is 0 Å². The predicted octanol–water partition coefficient (Wildman–Crippen LogP) is 4.24. The van der Waals surface area contributed by atoms with Crippen molar-refractivity contribution >= 4 is 28.8 Å². The number of benzene rings is 1. The lowest BCUT2D eigenvalue weighted by Gasteiger charge is -2.30. The summed E-state index contributed by atoms with van der Waals surface area (Å²) < 4.78 is 0. The summed E-state index contributed by atoms with van der Waals surface area (Å²) in [5, 5.41) is 4.87. The molecular formula is C24H20N4O2S. The van der Waals surface area contributed by atoms with Gasteiger partial charge in [0.2, 0.25) is 5.91 Å². The molecule has 0 saturated carbocycles. The van der Waals surface area contributed by atoms with Crippen LogP contribution in [0.2, 0.25) is 0 Å². The topological polar surface area (TPSA) is 75.2 Å². The number of thiophene rings is 1. The van der Waals surface area contributed by atoms with Crippen LogP contribution in [0.5, 0.6) is 0 Å². The van der Waals surface area contributed by atoms with Gasteiger partial charge in [-0.05, 0) is 41.3 Å². The average Bonchev–Trinajstić information content (AvgIpc) is 3.37. The first-order valence-corrected chi connectivity index (χ1v) is 10.6. The summed E-state index contributed by atoms with van der Waals surface area (Å²) in [6.07, 6.45) is 4.76. The van der Waals surface area contributed by atoms with E-state index in [9.17, 15) is 9.59 Å². The maximum Gasteiger partial charge on any atom is 0.277 e. The highest BCUT2D eigenvalue weighted by molar-refractivity contribution is 7.10. The number of amides is 2. The van der Waals surface area contributed by atoms with Crippen molar-refractivity contribution in [2.45, 2.75) is 12.6 Å². The Bertz CT molecular complexity index is 1120. The highest BCUT2D eigenvalue weighted by Crippen LogP contribution is 2.31. The van der Waals surface area contributed by atoms with Gasteiger partial charge in [-0.1, -0.05) is 42.5 Å². The van der Waals surface area contributed by atoms with Crippen LogP contribution < -0.4 is 10.2 Å². The van der Waals surface area contributed by atoms with Crippen LogP contribution in [-0.2, 0) is 11.3 Å². The van der Waals surface area contributed by atoms with Crippen LogP contribution in [0.3, 0.4) is 0 Å². The third-order valence-electron chi connectivity index (χ3n) is 4.66. The van der Waals surface area contributed by atoms with Crippen LogP contribution in [0.15, 0.2) is 96.8 Å². The standard InChI is InChI=1S/C24H20N4O2S/c29-23(27-16-18-8-2-1-3-9-18)22(21-12-7-15-31-21)28(19-10-6-13-25-17-19)24(30)20-11-4-5-14-26-20/h1-15,17,22H,16H2,(H,27,29)/t22-/m1/s1. The second-order valence-corrected chi connectivity index (χ2v) is 7.70. The third-order valence-corrected chi connectivity index (χ3v) is 5.58. The summed E-state index contributed by atoms with van der Waals surface area (Å²) in [7, 11) is 0. The molecule has 31 heavy (non-hydrogen) atoms. The zero-order chi connectivity index (χ0) is 21.5. The number of pyridine rings is 2. The lowest BCUT2D eigenvalue weighted by Crippen LogP contribution is -2.43. The monoisotopic (exact) mass is 428 g/mol. The molecule has 0 aliphatic carbocycles. The number of hydrogen-bond acceptors (Lipinski definition) is 5. The van der Waals surface area contributed by atoms with Gasteiger partial charge >= 0.3 is 0 Å². The fraction of sp³-hybridized carbons (Fsp3) is 0.0833. The van der Waals surface area contributed by atoms with E-state index in [4.69, 9.17) is 0 Å². The van der Waals surface area contributed by atoms with Crippen molar-refractivity contribution < 1.29 is 9.59 Å². The largest absolute Gasteiger partial charge is 0.350 e. The molecule has 0 aliphatic rings. The van der Waals surface area contributed by atoms with Crippen molar-refractivity contribution in [1.29, 1.82) is 0 Å². The van der Waals surface area contributed by atoms with Crippen molar-refractivity contribution in [1.82, 2.24) is 15.3 Å². The Balaban J connectivity index is 1.72. The molecule has 1 aromatic carbocycles. The van der Waals surface area contributed by atoms with Gasteiger partial charge in [-0.3, -0.25) is 24.5 Å². The second-order valence-electron chi connectivity index (χ2n) is 6.72. The molecule has 154 valence electrons. The van der Waals surface area contributed by atoms with E-state index >= 15 is 0 Å². The van der Waals surface area contributed by atoms with Crippen molar-refractivity contribution in [3.8, 4) is 0 Å². The number of nitrogens with zero attached hydrogens (tertiary/aromatic N) is 3. The van der Waals surface area contributed by atoms with E-state index in [1.165, 1.54) is 16.2 Å². The Kier molecular flexibility index (Phi) is 6.44. The van der Waals surface area contributed by atoms with Gasteiger partial charge in [-0.15, -0.1) is 11.3 Å². The minimum atomic E-state index is -0.859. The van der Waals surface area contributed by atoms with Gasteiger partial charge in [0.1, 0.15) is 5.69 Å². The van der Waals surface area contributed by atoms with E-state index in [0.29, 0.717) is 12.2 Å². The van der Waals surface area contributed by atoms with Gasteiger partial charge in [0.15, 0.2) is 6.04 Å². The minimum absolute atomic E-state index is 0.253. The average molecular weight is 429 g/mol. The summed E-state index contributed by atoms with van der Waals surface area (Å²) in [5.74, 6) is -0.652. The number of anilines is 1. The Hall–Kier alpha value is -3.84. The van der Waals surface area contributed by atoms with Gasteiger partial charge in [0, 0.05) is 23.8 Å². The lowest BCUT2D eigenvalue weighted by molar-refractivity contribution is -0.122. The van der Waals surface area contributed by atoms with Gasteiger partial charge in [0.05, 0.1) is 11.9 Å². The second kappa shape index (κ2) is 9.77. The first kappa shape index (κ1) is 20.4. The highest BCUT2D eigenvalue weighted by Gasteiger charge is 2.34. The van der Waals surface area contributed by atoms with E-state index in [-0.39, 0.29) is 17.5 Å². The Morgan fingerprint density at radius 1 is 0.935 bits per heavy atom. The molecule has 4 aromatic rings. The highest BCUT2D eigenvalue weighted by atomic mass is 32.1. The summed E-state index contributed by atoms with van der Waals surface area (Å²) in [4.78, 5) is 37.5. The molecule has 0 saturated heterocycles. The quantitative estimate of drug-likeness (QED) is 0.478. The molecule has 1 atom stereocenters. The zero-order valence-electron chi connectivity index (χ0n) is 16.6. The molecule has 0 fully saturated rings. The molecule has 3 aromatic heterocycles. The Labute approximate surface area is 184 Å². The molecule has 4 rings (SSSR count). The van der Waals surface area contributed by atoms with Crippen LogP contribution in [0.4, 0.5) is 5.69 Å². The molecule has 0 unspecified atom stereocenters. The first-order valence-electron chi connectivity index (χ1n) is 9.73. The van der Waals surface area contributed by atoms with Gasteiger partial charge in [-0.2, -0.15) is 0 Å². The molecule has 2 amide bonds. The molecule has 1 N–H and O–H groups in total. The smallest absolute Gasteiger partial charge is 0.277 e. The van der Waals surface area contributed by atoms with Crippen LogP contribution in [-0.4, -0.2) is 21.8 Å². The normalized spacial score (nSPS) is 11.5. The molecule has 0 aliphatic heterocycles. The number of carbonyl (C=O) groups excluding carboxylic acids is 2. The van der Waals surface area contributed by atoms with E-state index in [0.717, 1.165) is 10.4 Å². The van der Waals surface area contributed by atoms with Gasteiger partial charge < -0.3 is 5.32 Å². The molecule has 0 spiro atoms. The number of nitrogens with one attached hydrogen (secondary N) is 1. The summed E-state index contributed by atoms with van der Waals surface area (Å²) in [6, 6.07) is 21.1. The van der Waals surface area contributed by atoms with Crippen LogP contribution in [0.25, 0.3) is 0 Å². The molecule has 0 bridgehead atoms. The van der Waals surface area contributed by atoms with Gasteiger partial charge in [0.25, 0.3) is 5.91 Å². The first-order chi connectivity index (χ1) is 15.2. The van der Waals surface area contributed by atoms with Crippen LogP contribution in [0, 0.1) is 0 Å². The van der Waals surface area contributed by atoms with Crippen LogP contribution >= 0.6 is 11.3 Å². The Morgan fingerprint density at radius 3 is 2.45 bits per heavy atom. The third kappa shape index (κ3) is 4.84. The van der Waals surface area contributed by atoms with E-state index < -0.39 is 6.04 Å². The van der Waals surface area contributed by atoms with Crippen molar-refractivity contribution in [3.05, 3.63) is 113 Å². The molecule has 7 heteroatoms. The fourth-order valence-corrected chi connectivity index (χ4v) is 4.01. The zero-order valence-corrected chi connectivity index (χ0v) is 17.4. The maximum absolute atomic E-state index is 13.5. The number of rotatable bonds is 7. The predicted molar refractivity (Wildman–Crippen MR) is 121 cm³/mol. The number of aromatic nitrogens is 2. The summed E-state index contributed by atoms with van der Waals surface area (Å²) in [6.45, 7) is 0.361. The molecule has 0 radical (unpaired) electrons. The maximum atomic E-state index is 13.5. The van der Waals surface area contributed by atoms with Crippen molar-refractivity contribution in [3.63, 3.8) is 0 Å². The number of carbonyl (C=O) groups is 2. The van der Waals surface area contributed by atoms with Gasteiger partial charge in [-0.25, -0.2) is 0 Å². The SMILES string of the molecule is O=C(NCc1ccccc1)[C@@H](c1cccs1)N(C(=O)c1ccccn1)c1cccnc1. The molecular weight excluding hydrogens is 408 g/mol. The Morgan fingerprint density at radius 2 is 1.77 bits per heavy atom. The number of hydrogen-bond donors (Lipinski definition) is 1. The summed E-state index contributed by atoms with van der Waals surface area (Å²) >= 11 is 1.42. The van der Waals surface area contributed by atoms with E-state index in [2.05, 4.69) is 15.3 Å². The van der Waals surface area contributed by atoms with E-state index in [1.807, 2.05) is 47.8 Å². The van der Waals surface area contributed by atoms with E-state index in [1.54, 1.807) is 48.9 Å². The minimum Gasteiger partial charge on any atom is -0.350 e. The molecule has 3 heterocycles. The molecule has 6 nitrogen and oxygen atoms in total. The summed E-state index contributed by atoms with van der Waals surface area (Å²) in [5.41, 5.74) is 1.75. The van der Waals surface area contributed by atoms with Crippen molar-refractivity contribution in [2.75, 3.05) is 4.90 Å². The fourth-order valence-electron chi connectivity index (χ4n) is 3.19. The lowest BCUT2D eigenvalue weighted by atomic mass is 10.1.